The largest absolute Gasteiger partial charge is 0.439 e. The number of hydrogen-bond donors (Lipinski definition) is 1. The number of rotatable bonds is 6. The monoisotopic (exact) mass is 297 g/mol. The van der Waals surface area contributed by atoms with Crippen LogP contribution in [0.4, 0.5) is 0 Å². The van der Waals surface area contributed by atoms with E-state index in [9.17, 15) is 5.11 Å². The molecular weight excluding hydrogens is 266 g/mol. The van der Waals surface area contributed by atoms with Gasteiger partial charge in [0.2, 0.25) is 0 Å². The summed E-state index contributed by atoms with van der Waals surface area (Å²) in [5.41, 5.74) is -2.43. The van der Waals surface area contributed by atoms with Gasteiger partial charge in [-0.1, -0.05) is 13.8 Å². The highest BCUT2D eigenvalue weighted by Gasteiger charge is 2.54. The van der Waals surface area contributed by atoms with E-state index in [4.69, 9.17) is 14.0 Å². The fourth-order valence-electron chi connectivity index (χ4n) is 2.34. The Kier molecular flexibility index (Phi) is 5.32. The molecule has 1 aliphatic rings. The Hall–Kier alpha value is -0.0301. The van der Waals surface area contributed by atoms with Gasteiger partial charge in [-0.2, -0.15) is 0 Å². The van der Waals surface area contributed by atoms with Crippen molar-refractivity contribution in [2.24, 2.45) is 5.92 Å². The molecule has 1 radical (unpaired) electrons. The van der Waals surface area contributed by atoms with Crippen molar-refractivity contribution in [3.8, 4) is 0 Å². The van der Waals surface area contributed by atoms with Crippen molar-refractivity contribution in [2.75, 3.05) is 0 Å². The average Bonchev–Trinajstić information content (AvgIpc) is 2.43. The molecular formula is C15H31B2O4. The molecule has 0 amide bonds. The smallest absolute Gasteiger partial charge is 0.435 e. The topological polar surface area (TPSA) is 47.9 Å². The molecule has 0 aromatic carbocycles. The van der Waals surface area contributed by atoms with Crippen molar-refractivity contribution >= 4 is 14.4 Å². The highest BCUT2D eigenvalue weighted by molar-refractivity contribution is 7.03. The third kappa shape index (κ3) is 4.25. The van der Waals surface area contributed by atoms with Crippen LogP contribution in [0.2, 0.25) is 0 Å². The van der Waals surface area contributed by atoms with Crippen LogP contribution < -0.4 is 0 Å². The van der Waals surface area contributed by atoms with E-state index >= 15 is 0 Å². The summed E-state index contributed by atoms with van der Waals surface area (Å²) in [6.45, 7) is 17.7. The molecule has 1 aliphatic heterocycles. The molecule has 1 fully saturated rings. The third-order valence-corrected chi connectivity index (χ3v) is 4.81. The second-order valence-electron chi connectivity index (χ2n) is 8.27. The molecule has 6 heteroatoms. The minimum absolute atomic E-state index is 0.357. The van der Waals surface area contributed by atoms with E-state index in [2.05, 4.69) is 20.8 Å². The maximum Gasteiger partial charge on any atom is 0.439 e. The molecule has 1 unspecified atom stereocenters. The fourth-order valence-corrected chi connectivity index (χ4v) is 2.34. The van der Waals surface area contributed by atoms with Crippen molar-refractivity contribution in [1.82, 2.24) is 0 Å². The normalized spacial score (nSPS) is 26.5. The summed E-state index contributed by atoms with van der Waals surface area (Å²) in [4.78, 5) is 0. The lowest BCUT2D eigenvalue weighted by molar-refractivity contribution is -0.0894. The lowest BCUT2D eigenvalue weighted by Crippen LogP contribution is -2.50. The quantitative estimate of drug-likeness (QED) is 0.766. The predicted molar refractivity (Wildman–Crippen MR) is 87.1 cm³/mol. The fraction of sp³-hybridized carbons (Fsp3) is 1.00. The van der Waals surface area contributed by atoms with Gasteiger partial charge in [0.05, 0.1) is 22.4 Å². The van der Waals surface area contributed by atoms with Gasteiger partial charge in [-0.3, -0.25) is 0 Å². The molecule has 0 saturated carbocycles. The lowest BCUT2D eigenvalue weighted by atomic mass is 9.55. The summed E-state index contributed by atoms with van der Waals surface area (Å²) in [6.07, 6.45) is 0.916. The van der Waals surface area contributed by atoms with E-state index in [-0.39, 0.29) is 11.2 Å². The summed E-state index contributed by atoms with van der Waals surface area (Å²) in [7, 11) is 1.04. The maximum atomic E-state index is 10.1. The van der Waals surface area contributed by atoms with Gasteiger partial charge >= 0.3 is 14.4 Å². The molecule has 0 aromatic heterocycles. The van der Waals surface area contributed by atoms with Crippen molar-refractivity contribution in [1.29, 1.82) is 0 Å². The molecule has 1 saturated heterocycles. The van der Waals surface area contributed by atoms with Gasteiger partial charge in [-0.05, 0) is 60.8 Å². The zero-order valence-electron chi connectivity index (χ0n) is 15.1. The summed E-state index contributed by atoms with van der Waals surface area (Å²) >= 11 is 0. The van der Waals surface area contributed by atoms with Crippen LogP contribution in [0.3, 0.4) is 0 Å². The van der Waals surface area contributed by atoms with E-state index in [1.165, 1.54) is 0 Å². The first kappa shape index (κ1) is 19.0. The Morgan fingerprint density at radius 3 is 2.10 bits per heavy atom. The molecule has 0 aliphatic carbocycles. The van der Waals surface area contributed by atoms with Crippen molar-refractivity contribution in [3.63, 3.8) is 0 Å². The van der Waals surface area contributed by atoms with E-state index in [1.807, 2.05) is 27.7 Å². The van der Waals surface area contributed by atoms with Gasteiger partial charge in [-0.15, -0.1) is 0 Å². The standard InChI is InChI=1S/C15H31B2O4/c1-11(2)10-15(9)14(7,8)20-17(21-15)16-19-13(5,6)12(3,4)18/h11,18H,10H2,1-9H3. The first-order valence-corrected chi connectivity index (χ1v) is 7.79. The van der Waals surface area contributed by atoms with Crippen LogP contribution in [-0.2, 0) is 14.0 Å². The zero-order valence-corrected chi connectivity index (χ0v) is 15.1. The summed E-state index contributed by atoms with van der Waals surface area (Å²) in [5.74, 6) is 0.519. The van der Waals surface area contributed by atoms with Crippen LogP contribution >= 0.6 is 0 Å². The van der Waals surface area contributed by atoms with E-state index in [0.29, 0.717) is 5.92 Å². The first-order valence-electron chi connectivity index (χ1n) is 7.79. The van der Waals surface area contributed by atoms with E-state index in [0.717, 1.165) is 6.42 Å². The van der Waals surface area contributed by atoms with Crippen LogP contribution in [-0.4, -0.2) is 41.9 Å². The van der Waals surface area contributed by atoms with E-state index in [1.54, 1.807) is 21.2 Å². The van der Waals surface area contributed by atoms with Gasteiger partial charge in [0.25, 0.3) is 0 Å². The number of aliphatic hydroxyl groups is 1. The second-order valence-corrected chi connectivity index (χ2v) is 8.27. The minimum atomic E-state index is -0.959. The van der Waals surface area contributed by atoms with E-state index < -0.39 is 18.2 Å². The third-order valence-electron chi connectivity index (χ3n) is 4.81. The summed E-state index contributed by atoms with van der Waals surface area (Å²) < 4.78 is 17.8. The molecule has 1 atom stereocenters. The van der Waals surface area contributed by atoms with Crippen molar-refractivity contribution < 1.29 is 19.1 Å². The molecule has 1 heterocycles. The summed E-state index contributed by atoms with van der Waals surface area (Å²) in [5, 5.41) is 10.1. The Labute approximate surface area is 131 Å². The molecule has 21 heavy (non-hydrogen) atoms. The molecule has 0 spiro atoms. The summed E-state index contributed by atoms with van der Waals surface area (Å²) in [6, 6.07) is 0. The number of hydrogen-bond acceptors (Lipinski definition) is 4. The highest BCUT2D eigenvalue weighted by atomic mass is 16.7. The highest BCUT2D eigenvalue weighted by Crippen LogP contribution is 2.41. The van der Waals surface area contributed by atoms with Crippen LogP contribution in [0.25, 0.3) is 0 Å². The van der Waals surface area contributed by atoms with Crippen molar-refractivity contribution in [2.45, 2.75) is 91.1 Å². The van der Waals surface area contributed by atoms with Crippen LogP contribution in [0, 0.1) is 5.92 Å². The lowest BCUT2D eigenvalue weighted by Gasteiger charge is -2.38. The molecule has 0 aromatic rings. The predicted octanol–water partition coefficient (Wildman–Crippen LogP) is 2.79. The minimum Gasteiger partial charge on any atom is -0.435 e. The first-order chi connectivity index (χ1) is 9.20. The molecule has 4 nitrogen and oxygen atoms in total. The van der Waals surface area contributed by atoms with Crippen LogP contribution in [0.5, 0.6) is 0 Å². The van der Waals surface area contributed by atoms with Gasteiger partial charge in [0.15, 0.2) is 0 Å². The Morgan fingerprint density at radius 1 is 1.14 bits per heavy atom. The molecule has 0 bridgehead atoms. The van der Waals surface area contributed by atoms with Gasteiger partial charge in [-0.25, -0.2) is 0 Å². The van der Waals surface area contributed by atoms with Crippen LogP contribution in [0.15, 0.2) is 0 Å². The Balaban J connectivity index is 2.69. The Morgan fingerprint density at radius 2 is 1.67 bits per heavy atom. The van der Waals surface area contributed by atoms with Crippen molar-refractivity contribution in [3.05, 3.63) is 0 Å². The molecule has 121 valence electrons. The molecule has 1 N–H and O–H groups in total. The van der Waals surface area contributed by atoms with Gasteiger partial charge in [0.1, 0.15) is 0 Å². The Bertz CT molecular complexity index is 363. The van der Waals surface area contributed by atoms with Gasteiger partial charge in [0, 0.05) is 0 Å². The second kappa shape index (κ2) is 5.88. The SMILES string of the molecule is CC(C)CC1(C)OB([B]OC(C)(C)C(C)(C)O)OC1(C)C. The maximum absolute atomic E-state index is 10.1. The zero-order chi connectivity index (χ0) is 16.7. The van der Waals surface area contributed by atoms with Gasteiger partial charge < -0.3 is 19.1 Å². The van der Waals surface area contributed by atoms with Crippen LogP contribution in [0.1, 0.15) is 68.7 Å². The average molecular weight is 297 g/mol. The molecule has 1 rings (SSSR count).